The van der Waals surface area contributed by atoms with Crippen LogP contribution in [0.2, 0.25) is 0 Å². The molecule has 19 heavy (non-hydrogen) atoms. The van der Waals surface area contributed by atoms with E-state index in [0.717, 1.165) is 0 Å². The number of likely N-dealkylation sites (tertiary alicyclic amines) is 1. The van der Waals surface area contributed by atoms with Gasteiger partial charge in [-0.3, -0.25) is 4.79 Å². The van der Waals surface area contributed by atoms with Crippen molar-refractivity contribution >= 4 is 11.9 Å². The minimum absolute atomic E-state index is 0.0627. The van der Waals surface area contributed by atoms with Gasteiger partial charge in [-0.2, -0.15) is 0 Å². The lowest BCUT2D eigenvalue weighted by atomic mass is 9.80. The average molecular weight is 265 g/mol. The van der Waals surface area contributed by atoms with Gasteiger partial charge in [0.2, 0.25) is 5.91 Å². The van der Waals surface area contributed by atoms with Gasteiger partial charge in [0.1, 0.15) is 11.3 Å². The summed E-state index contributed by atoms with van der Waals surface area (Å²) in [5.41, 5.74) is 0.204. The van der Waals surface area contributed by atoms with Crippen LogP contribution in [0.15, 0.2) is 16.7 Å². The fourth-order valence-corrected chi connectivity index (χ4v) is 2.33. The van der Waals surface area contributed by atoms with Crippen molar-refractivity contribution in [3.05, 3.63) is 23.7 Å². The molecule has 2 heterocycles. The summed E-state index contributed by atoms with van der Waals surface area (Å²) in [7, 11) is 0. The van der Waals surface area contributed by atoms with Gasteiger partial charge < -0.3 is 14.4 Å². The highest BCUT2D eigenvalue weighted by Crippen LogP contribution is 2.35. The van der Waals surface area contributed by atoms with Crippen LogP contribution in [-0.2, 0) is 11.3 Å². The molecule has 104 valence electrons. The summed E-state index contributed by atoms with van der Waals surface area (Å²) < 4.78 is 5.18. The summed E-state index contributed by atoms with van der Waals surface area (Å²) in [5, 5.41) is 9.01. The first kappa shape index (κ1) is 13.6. The zero-order valence-corrected chi connectivity index (χ0v) is 11.5. The highest BCUT2D eigenvalue weighted by molar-refractivity contribution is 5.88. The summed E-state index contributed by atoms with van der Waals surface area (Å²) in [5.74, 6) is -0.325. The largest absolute Gasteiger partial charge is 0.478 e. The molecule has 1 N–H and O–H groups in total. The van der Waals surface area contributed by atoms with E-state index in [1.807, 2.05) is 0 Å². The van der Waals surface area contributed by atoms with Crippen LogP contribution < -0.4 is 0 Å². The Labute approximate surface area is 112 Å². The molecule has 0 spiro atoms. The Morgan fingerprint density at radius 2 is 2.21 bits per heavy atom. The first-order chi connectivity index (χ1) is 8.79. The molecular formula is C14H19NO4. The van der Waals surface area contributed by atoms with Crippen molar-refractivity contribution in [3.63, 3.8) is 0 Å². The van der Waals surface area contributed by atoms with E-state index in [9.17, 15) is 9.59 Å². The first-order valence-electron chi connectivity index (χ1n) is 6.36. The quantitative estimate of drug-likeness (QED) is 0.910. The number of furan rings is 1. The van der Waals surface area contributed by atoms with Crippen molar-refractivity contribution in [1.82, 2.24) is 4.90 Å². The molecule has 1 aliphatic heterocycles. The number of carboxylic acid groups (broad SMARTS) is 1. The molecule has 1 aromatic heterocycles. The molecule has 0 saturated carbocycles. The van der Waals surface area contributed by atoms with E-state index >= 15 is 0 Å². The minimum atomic E-state index is -1.03. The van der Waals surface area contributed by atoms with Crippen LogP contribution in [0.1, 0.15) is 43.3 Å². The van der Waals surface area contributed by atoms with Crippen LogP contribution in [0.3, 0.4) is 0 Å². The Morgan fingerprint density at radius 1 is 1.53 bits per heavy atom. The number of amides is 1. The predicted octanol–water partition coefficient (Wildman–Crippen LogP) is 2.37. The number of aromatic carboxylic acids is 1. The topological polar surface area (TPSA) is 70.8 Å². The maximum Gasteiger partial charge on any atom is 0.339 e. The summed E-state index contributed by atoms with van der Waals surface area (Å²) in [6, 6.07) is 1.42. The van der Waals surface area contributed by atoms with Gasteiger partial charge in [0.15, 0.2) is 0 Å². The third-order valence-corrected chi connectivity index (χ3v) is 3.75. The molecule has 5 heteroatoms. The number of nitrogens with zero attached hydrogens (tertiary/aromatic N) is 1. The second-order valence-electron chi connectivity index (χ2n) is 6.10. The SMILES string of the molecule is CC(C)(C)C1CC(=O)N(Cc2occc2C(=O)O)C1. The lowest BCUT2D eigenvalue weighted by Gasteiger charge is -2.26. The van der Waals surface area contributed by atoms with Gasteiger partial charge in [0.05, 0.1) is 12.8 Å². The lowest BCUT2D eigenvalue weighted by Crippen LogP contribution is -2.27. The van der Waals surface area contributed by atoms with Gasteiger partial charge in [0.25, 0.3) is 0 Å². The van der Waals surface area contributed by atoms with Crippen LogP contribution >= 0.6 is 0 Å². The first-order valence-corrected chi connectivity index (χ1v) is 6.36. The number of rotatable bonds is 3. The van der Waals surface area contributed by atoms with E-state index in [1.54, 1.807) is 4.90 Å². The van der Waals surface area contributed by atoms with Gasteiger partial charge in [0, 0.05) is 13.0 Å². The summed E-state index contributed by atoms with van der Waals surface area (Å²) in [4.78, 5) is 24.7. The monoisotopic (exact) mass is 265 g/mol. The number of carboxylic acids is 1. The maximum absolute atomic E-state index is 12.0. The van der Waals surface area contributed by atoms with Crippen LogP contribution in [0.4, 0.5) is 0 Å². The van der Waals surface area contributed by atoms with Gasteiger partial charge in [-0.1, -0.05) is 20.8 Å². The number of hydrogen-bond acceptors (Lipinski definition) is 3. The molecule has 1 fully saturated rings. The van der Waals surface area contributed by atoms with Crippen molar-refractivity contribution < 1.29 is 19.1 Å². The summed E-state index contributed by atoms with van der Waals surface area (Å²) in [6.45, 7) is 7.24. The standard InChI is InChI=1S/C14H19NO4/c1-14(2,3)9-6-12(16)15(7-9)8-11-10(13(17)18)4-5-19-11/h4-5,9H,6-8H2,1-3H3,(H,17,18). The van der Waals surface area contributed by atoms with Crippen LogP contribution in [-0.4, -0.2) is 28.4 Å². The zero-order valence-electron chi connectivity index (χ0n) is 11.5. The fourth-order valence-electron chi connectivity index (χ4n) is 2.33. The Kier molecular flexibility index (Phi) is 3.39. The van der Waals surface area contributed by atoms with Gasteiger partial charge in [-0.15, -0.1) is 0 Å². The van der Waals surface area contributed by atoms with Crippen molar-refractivity contribution in [2.45, 2.75) is 33.7 Å². The molecule has 0 aromatic carbocycles. The van der Waals surface area contributed by atoms with Gasteiger partial charge >= 0.3 is 5.97 Å². The number of carbonyl (C=O) groups excluding carboxylic acids is 1. The second-order valence-corrected chi connectivity index (χ2v) is 6.10. The highest BCUT2D eigenvalue weighted by Gasteiger charge is 2.37. The Balaban J connectivity index is 2.10. The molecule has 5 nitrogen and oxygen atoms in total. The zero-order chi connectivity index (χ0) is 14.2. The fraction of sp³-hybridized carbons (Fsp3) is 0.571. The minimum Gasteiger partial charge on any atom is -0.478 e. The normalized spacial score (nSPS) is 20.1. The van der Waals surface area contributed by atoms with Crippen molar-refractivity contribution in [3.8, 4) is 0 Å². The third kappa shape index (κ3) is 2.80. The number of hydrogen-bond donors (Lipinski definition) is 1. The van der Waals surface area contributed by atoms with Crippen molar-refractivity contribution in [2.24, 2.45) is 11.3 Å². The average Bonchev–Trinajstić information content (AvgIpc) is 2.86. The third-order valence-electron chi connectivity index (χ3n) is 3.75. The predicted molar refractivity (Wildman–Crippen MR) is 68.6 cm³/mol. The number of carbonyl (C=O) groups is 2. The highest BCUT2D eigenvalue weighted by atomic mass is 16.4. The maximum atomic E-state index is 12.0. The van der Waals surface area contributed by atoms with Gasteiger partial charge in [-0.05, 0) is 17.4 Å². The molecule has 1 unspecified atom stereocenters. The molecule has 1 amide bonds. The Morgan fingerprint density at radius 3 is 2.74 bits per heavy atom. The molecule has 1 atom stereocenters. The van der Waals surface area contributed by atoms with Crippen LogP contribution in [0.25, 0.3) is 0 Å². The van der Waals surface area contributed by atoms with Crippen LogP contribution in [0.5, 0.6) is 0 Å². The Hall–Kier alpha value is -1.78. The van der Waals surface area contributed by atoms with E-state index in [4.69, 9.17) is 9.52 Å². The smallest absolute Gasteiger partial charge is 0.339 e. The molecule has 0 bridgehead atoms. The van der Waals surface area contributed by atoms with Crippen molar-refractivity contribution in [1.29, 1.82) is 0 Å². The summed E-state index contributed by atoms with van der Waals surface area (Å²) in [6.07, 6.45) is 1.87. The molecule has 1 aromatic rings. The van der Waals surface area contributed by atoms with Crippen LogP contribution in [0, 0.1) is 11.3 Å². The molecule has 0 radical (unpaired) electrons. The van der Waals surface area contributed by atoms with E-state index in [0.29, 0.717) is 24.6 Å². The van der Waals surface area contributed by atoms with E-state index < -0.39 is 5.97 Å². The molecule has 0 aliphatic carbocycles. The lowest BCUT2D eigenvalue weighted by molar-refractivity contribution is -0.128. The van der Waals surface area contributed by atoms with Gasteiger partial charge in [-0.25, -0.2) is 4.79 Å². The molecular weight excluding hydrogens is 246 g/mol. The second kappa shape index (κ2) is 4.72. The molecule has 2 rings (SSSR count). The molecule has 1 saturated heterocycles. The van der Waals surface area contributed by atoms with E-state index in [2.05, 4.69) is 20.8 Å². The summed E-state index contributed by atoms with van der Waals surface area (Å²) >= 11 is 0. The Bertz CT molecular complexity index is 498. The van der Waals surface area contributed by atoms with E-state index in [1.165, 1.54) is 12.3 Å². The molecule has 1 aliphatic rings. The van der Waals surface area contributed by atoms with E-state index in [-0.39, 0.29) is 23.4 Å². The van der Waals surface area contributed by atoms with Crippen molar-refractivity contribution in [2.75, 3.05) is 6.54 Å².